The molecule has 0 aliphatic carbocycles. The molecule has 0 aliphatic rings. The molecule has 0 unspecified atom stereocenters. The minimum Gasteiger partial charge on any atom is -0.466 e. The molecule has 0 aliphatic heterocycles. The van der Waals surface area contributed by atoms with Crippen molar-refractivity contribution in [2.75, 3.05) is 6.61 Å². The summed E-state index contributed by atoms with van der Waals surface area (Å²) in [5.74, 6) is -4.63. The van der Waals surface area contributed by atoms with Gasteiger partial charge in [-0.05, 0) is 19.1 Å². The quantitative estimate of drug-likeness (QED) is 0.747. The highest BCUT2D eigenvalue weighted by Crippen LogP contribution is 2.10. The van der Waals surface area contributed by atoms with Crippen molar-refractivity contribution in [3.05, 3.63) is 35.4 Å². The van der Waals surface area contributed by atoms with Crippen LogP contribution < -0.4 is 11.1 Å². The van der Waals surface area contributed by atoms with Crippen molar-refractivity contribution in [3.8, 4) is 0 Å². The van der Waals surface area contributed by atoms with E-state index >= 15 is 0 Å². The predicted molar refractivity (Wildman–Crippen MR) is 68.1 cm³/mol. The van der Waals surface area contributed by atoms with Crippen LogP contribution in [0.2, 0.25) is 0 Å². The summed E-state index contributed by atoms with van der Waals surface area (Å²) >= 11 is 0. The van der Waals surface area contributed by atoms with Crippen LogP contribution in [0.4, 0.5) is 8.78 Å². The average Bonchev–Trinajstić information content (AvgIpc) is 2.37. The molecule has 1 aromatic rings. The number of carbonyl (C=O) groups excluding carboxylic acids is 3. The first-order valence-electron chi connectivity index (χ1n) is 6.06. The van der Waals surface area contributed by atoms with Crippen molar-refractivity contribution < 1.29 is 27.9 Å². The second kappa shape index (κ2) is 7.32. The van der Waals surface area contributed by atoms with Crippen LogP contribution in [-0.4, -0.2) is 30.4 Å². The summed E-state index contributed by atoms with van der Waals surface area (Å²) in [5.41, 5.74) is 4.59. The third kappa shape index (κ3) is 4.83. The van der Waals surface area contributed by atoms with Gasteiger partial charge in [0.1, 0.15) is 17.7 Å². The maximum atomic E-state index is 13.4. The van der Waals surface area contributed by atoms with Crippen LogP contribution in [0.3, 0.4) is 0 Å². The molecule has 0 bridgehead atoms. The number of esters is 1. The maximum absolute atomic E-state index is 13.4. The third-order valence-corrected chi connectivity index (χ3v) is 2.50. The highest BCUT2D eigenvalue weighted by Gasteiger charge is 2.24. The zero-order chi connectivity index (χ0) is 16.0. The number of nitrogens with one attached hydrogen (secondary N) is 1. The van der Waals surface area contributed by atoms with Gasteiger partial charge in [-0.1, -0.05) is 0 Å². The SMILES string of the molecule is CCOC(=O)C[C@H](NC(=O)c1ccc(F)cc1F)C(N)=O. The lowest BCUT2D eigenvalue weighted by atomic mass is 10.1. The molecule has 8 heteroatoms. The molecule has 0 saturated carbocycles. The summed E-state index contributed by atoms with van der Waals surface area (Å²) in [6.07, 6.45) is -0.474. The second-order valence-corrected chi connectivity index (χ2v) is 4.06. The molecule has 0 spiro atoms. The van der Waals surface area contributed by atoms with Gasteiger partial charge < -0.3 is 15.8 Å². The zero-order valence-corrected chi connectivity index (χ0v) is 11.2. The largest absolute Gasteiger partial charge is 0.466 e. The summed E-state index contributed by atoms with van der Waals surface area (Å²) in [6.45, 7) is 1.68. The van der Waals surface area contributed by atoms with Crippen LogP contribution in [0.5, 0.6) is 0 Å². The minimum atomic E-state index is -1.35. The minimum absolute atomic E-state index is 0.102. The Balaban J connectivity index is 2.81. The van der Waals surface area contributed by atoms with Crippen molar-refractivity contribution in [1.82, 2.24) is 5.32 Å². The number of rotatable bonds is 6. The van der Waals surface area contributed by atoms with Gasteiger partial charge in [0.2, 0.25) is 5.91 Å². The third-order valence-electron chi connectivity index (χ3n) is 2.50. The van der Waals surface area contributed by atoms with E-state index in [0.717, 1.165) is 12.1 Å². The van der Waals surface area contributed by atoms with Gasteiger partial charge in [0.05, 0.1) is 18.6 Å². The van der Waals surface area contributed by atoms with Gasteiger partial charge in [0.25, 0.3) is 5.91 Å². The molecule has 1 atom stereocenters. The van der Waals surface area contributed by atoms with Gasteiger partial charge in [-0.3, -0.25) is 14.4 Å². The molecule has 21 heavy (non-hydrogen) atoms. The van der Waals surface area contributed by atoms with Crippen LogP contribution in [0, 0.1) is 11.6 Å². The fraction of sp³-hybridized carbons (Fsp3) is 0.308. The maximum Gasteiger partial charge on any atom is 0.308 e. The van der Waals surface area contributed by atoms with Crippen molar-refractivity contribution in [3.63, 3.8) is 0 Å². The topological polar surface area (TPSA) is 98.5 Å². The van der Waals surface area contributed by atoms with E-state index in [4.69, 9.17) is 5.73 Å². The Kier molecular flexibility index (Phi) is 5.77. The fourth-order valence-corrected chi connectivity index (χ4v) is 1.52. The summed E-state index contributed by atoms with van der Waals surface area (Å²) < 4.78 is 30.8. The van der Waals surface area contributed by atoms with Crippen LogP contribution in [-0.2, 0) is 14.3 Å². The Morgan fingerprint density at radius 3 is 2.52 bits per heavy atom. The molecule has 0 heterocycles. The molecular weight excluding hydrogens is 286 g/mol. The number of carbonyl (C=O) groups is 3. The Bertz CT molecular complexity index is 563. The summed E-state index contributed by atoms with van der Waals surface area (Å²) in [5, 5.41) is 2.11. The molecule has 3 N–H and O–H groups in total. The smallest absolute Gasteiger partial charge is 0.308 e. The van der Waals surface area contributed by atoms with Gasteiger partial charge in [-0.15, -0.1) is 0 Å². The number of ether oxygens (including phenoxy) is 1. The van der Waals surface area contributed by atoms with Crippen LogP contribution in [0.15, 0.2) is 18.2 Å². The van der Waals surface area contributed by atoms with Crippen LogP contribution >= 0.6 is 0 Å². The van der Waals surface area contributed by atoms with E-state index < -0.39 is 47.4 Å². The molecule has 6 nitrogen and oxygen atoms in total. The van der Waals surface area contributed by atoms with Crippen LogP contribution in [0.25, 0.3) is 0 Å². The molecule has 114 valence electrons. The lowest BCUT2D eigenvalue weighted by Crippen LogP contribution is -2.46. The van der Waals surface area contributed by atoms with E-state index in [1.54, 1.807) is 6.92 Å². The van der Waals surface area contributed by atoms with Gasteiger partial charge >= 0.3 is 5.97 Å². The van der Waals surface area contributed by atoms with Gasteiger partial charge in [-0.25, -0.2) is 8.78 Å². The number of hydrogen-bond acceptors (Lipinski definition) is 4. The zero-order valence-electron chi connectivity index (χ0n) is 11.2. The van der Waals surface area contributed by atoms with E-state index in [0.29, 0.717) is 6.07 Å². The van der Waals surface area contributed by atoms with Crippen molar-refractivity contribution in [2.45, 2.75) is 19.4 Å². The molecule has 1 rings (SSSR count). The van der Waals surface area contributed by atoms with E-state index in [1.165, 1.54) is 0 Å². The first-order chi connectivity index (χ1) is 9.85. The highest BCUT2D eigenvalue weighted by atomic mass is 19.1. The lowest BCUT2D eigenvalue weighted by molar-refractivity contribution is -0.145. The number of amides is 2. The van der Waals surface area contributed by atoms with Gasteiger partial charge in [-0.2, -0.15) is 0 Å². The molecule has 1 aromatic carbocycles. The molecule has 2 amide bonds. The van der Waals surface area contributed by atoms with Crippen molar-refractivity contribution in [2.24, 2.45) is 5.73 Å². The molecule has 0 radical (unpaired) electrons. The van der Waals surface area contributed by atoms with Crippen molar-refractivity contribution >= 4 is 17.8 Å². The van der Waals surface area contributed by atoms with Gasteiger partial charge in [0.15, 0.2) is 0 Å². The normalized spacial score (nSPS) is 11.6. The summed E-state index contributed by atoms with van der Waals surface area (Å²) in [4.78, 5) is 34.3. The Labute approximate surface area is 119 Å². The summed E-state index contributed by atoms with van der Waals surface area (Å²) in [7, 11) is 0. The molecular formula is C13H14F2N2O4. The monoisotopic (exact) mass is 300 g/mol. The fourth-order valence-electron chi connectivity index (χ4n) is 1.52. The van der Waals surface area contributed by atoms with Crippen LogP contribution in [0.1, 0.15) is 23.7 Å². The van der Waals surface area contributed by atoms with E-state index in [2.05, 4.69) is 10.1 Å². The van der Waals surface area contributed by atoms with E-state index in [-0.39, 0.29) is 6.61 Å². The molecule has 0 fully saturated rings. The van der Waals surface area contributed by atoms with E-state index in [9.17, 15) is 23.2 Å². The Morgan fingerprint density at radius 2 is 2.00 bits per heavy atom. The van der Waals surface area contributed by atoms with E-state index in [1.807, 2.05) is 0 Å². The molecule has 0 aromatic heterocycles. The number of hydrogen-bond donors (Lipinski definition) is 2. The number of halogens is 2. The summed E-state index contributed by atoms with van der Waals surface area (Å²) in [6, 6.07) is 0.992. The highest BCUT2D eigenvalue weighted by molar-refractivity contribution is 5.98. The number of benzene rings is 1. The Morgan fingerprint density at radius 1 is 1.33 bits per heavy atom. The van der Waals surface area contributed by atoms with Gasteiger partial charge in [0, 0.05) is 6.07 Å². The number of nitrogens with two attached hydrogens (primary N) is 1. The Hall–Kier alpha value is -2.51. The molecule has 0 saturated heterocycles. The first-order valence-corrected chi connectivity index (χ1v) is 6.06. The second-order valence-electron chi connectivity index (χ2n) is 4.06. The first kappa shape index (κ1) is 16.5. The predicted octanol–water partition coefficient (Wildman–Crippen LogP) is 0.502. The lowest BCUT2D eigenvalue weighted by Gasteiger charge is -2.15. The van der Waals surface area contributed by atoms with Crippen molar-refractivity contribution in [1.29, 1.82) is 0 Å². The standard InChI is InChI=1S/C13H14F2N2O4/c1-2-21-11(18)6-10(12(16)19)17-13(20)8-4-3-7(14)5-9(8)15/h3-5,10H,2,6H2,1H3,(H2,16,19)(H,17,20)/t10-/m0/s1. The number of primary amides is 1. The average molecular weight is 300 g/mol.